The third kappa shape index (κ3) is 4.10. The monoisotopic (exact) mass is 388 g/mol. The van der Waals surface area contributed by atoms with Crippen LogP contribution in [0.4, 0.5) is 5.95 Å². The Balaban J connectivity index is 1.81. The van der Waals surface area contributed by atoms with Crippen LogP contribution in [0.5, 0.6) is 5.75 Å². The molecule has 0 saturated carbocycles. The summed E-state index contributed by atoms with van der Waals surface area (Å²) >= 11 is 0. The van der Waals surface area contributed by atoms with Crippen LogP contribution in [0, 0.1) is 13.8 Å². The standard InChI is InChI=1S/C24H28N4O/c1-17-5-7-19(8-6-17)23-22(21-10-9-20(29-4)15-18(21)2)16-25-24(26-23)28-13-11-27(3)12-14-28/h5-10,15-16H,11-14H2,1-4H3. The van der Waals surface area contributed by atoms with E-state index in [9.17, 15) is 0 Å². The SMILES string of the molecule is COc1ccc(-c2cnc(N3CCN(C)CC3)nc2-c2ccc(C)cc2)c(C)c1. The van der Waals surface area contributed by atoms with Crippen molar-refractivity contribution in [2.75, 3.05) is 45.2 Å². The van der Waals surface area contributed by atoms with Crippen LogP contribution in [-0.4, -0.2) is 55.2 Å². The van der Waals surface area contributed by atoms with E-state index in [2.05, 4.69) is 67.1 Å². The predicted molar refractivity (Wildman–Crippen MR) is 119 cm³/mol. The number of piperazine rings is 1. The van der Waals surface area contributed by atoms with E-state index in [4.69, 9.17) is 14.7 Å². The van der Waals surface area contributed by atoms with Gasteiger partial charge in [0.25, 0.3) is 0 Å². The molecule has 0 amide bonds. The van der Waals surface area contributed by atoms with E-state index < -0.39 is 0 Å². The van der Waals surface area contributed by atoms with Crippen molar-refractivity contribution in [1.29, 1.82) is 0 Å². The largest absolute Gasteiger partial charge is 0.497 e. The summed E-state index contributed by atoms with van der Waals surface area (Å²) in [6.07, 6.45) is 1.98. The lowest BCUT2D eigenvalue weighted by Crippen LogP contribution is -2.45. The minimum atomic E-state index is 0.809. The molecule has 0 bridgehead atoms. The maximum atomic E-state index is 5.38. The fraction of sp³-hybridized carbons (Fsp3) is 0.333. The zero-order valence-electron chi connectivity index (χ0n) is 17.6. The molecule has 29 heavy (non-hydrogen) atoms. The van der Waals surface area contributed by atoms with Gasteiger partial charge in [-0.3, -0.25) is 0 Å². The number of hydrogen-bond donors (Lipinski definition) is 0. The second-order valence-electron chi connectivity index (χ2n) is 7.77. The van der Waals surface area contributed by atoms with E-state index in [1.807, 2.05) is 12.3 Å². The Morgan fingerprint density at radius 2 is 1.62 bits per heavy atom. The van der Waals surface area contributed by atoms with Crippen molar-refractivity contribution in [3.8, 4) is 28.1 Å². The van der Waals surface area contributed by atoms with Gasteiger partial charge in [0.1, 0.15) is 5.75 Å². The Kier molecular flexibility index (Phi) is 5.49. The van der Waals surface area contributed by atoms with E-state index in [1.54, 1.807) is 7.11 Å². The van der Waals surface area contributed by atoms with Crippen LogP contribution in [0.25, 0.3) is 22.4 Å². The van der Waals surface area contributed by atoms with Crippen LogP contribution >= 0.6 is 0 Å². The van der Waals surface area contributed by atoms with E-state index in [-0.39, 0.29) is 0 Å². The maximum Gasteiger partial charge on any atom is 0.225 e. The molecular weight excluding hydrogens is 360 g/mol. The molecule has 1 fully saturated rings. The highest BCUT2D eigenvalue weighted by atomic mass is 16.5. The lowest BCUT2D eigenvalue weighted by atomic mass is 9.96. The van der Waals surface area contributed by atoms with E-state index >= 15 is 0 Å². The summed E-state index contributed by atoms with van der Waals surface area (Å²) in [7, 11) is 3.85. The van der Waals surface area contributed by atoms with Crippen molar-refractivity contribution in [2.45, 2.75) is 13.8 Å². The second-order valence-corrected chi connectivity index (χ2v) is 7.77. The Hall–Kier alpha value is -2.92. The van der Waals surface area contributed by atoms with Gasteiger partial charge in [-0.25, -0.2) is 9.97 Å². The molecule has 2 heterocycles. The predicted octanol–water partition coefficient (Wildman–Crippen LogP) is 4.19. The maximum absolute atomic E-state index is 5.38. The van der Waals surface area contributed by atoms with E-state index in [0.717, 1.165) is 65.8 Å². The zero-order chi connectivity index (χ0) is 20.4. The molecule has 0 radical (unpaired) electrons. The highest BCUT2D eigenvalue weighted by molar-refractivity contribution is 5.82. The van der Waals surface area contributed by atoms with Gasteiger partial charge in [0.2, 0.25) is 5.95 Å². The summed E-state index contributed by atoms with van der Waals surface area (Å²) in [4.78, 5) is 14.4. The van der Waals surface area contributed by atoms with Gasteiger partial charge in [-0.2, -0.15) is 0 Å². The first-order chi connectivity index (χ1) is 14.0. The third-order valence-corrected chi connectivity index (χ3v) is 5.61. The van der Waals surface area contributed by atoms with Gasteiger partial charge in [0.15, 0.2) is 0 Å². The van der Waals surface area contributed by atoms with Gasteiger partial charge in [-0.1, -0.05) is 35.9 Å². The molecule has 4 rings (SSSR count). The van der Waals surface area contributed by atoms with Crippen molar-refractivity contribution in [1.82, 2.24) is 14.9 Å². The number of nitrogens with zero attached hydrogens (tertiary/aromatic N) is 4. The van der Waals surface area contributed by atoms with Crippen molar-refractivity contribution in [3.63, 3.8) is 0 Å². The number of benzene rings is 2. The molecule has 0 N–H and O–H groups in total. The molecule has 1 aromatic heterocycles. The molecule has 0 unspecified atom stereocenters. The highest BCUT2D eigenvalue weighted by Gasteiger charge is 2.20. The summed E-state index contributed by atoms with van der Waals surface area (Å²) in [5, 5.41) is 0. The normalized spacial score (nSPS) is 14.8. The molecule has 1 saturated heterocycles. The Morgan fingerprint density at radius 1 is 0.897 bits per heavy atom. The van der Waals surface area contributed by atoms with Gasteiger partial charge in [-0.15, -0.1) is 0 Å². The van der Waals surface area contributed by atoms with E-state index in [0.29, 0.717) is 0 Å². The topological polar surface area (TPSA) is 41.5 Å². The number of anilines is 1. The molecule has 1 aliphatic rings. The summed E-state index contributed by atoms with van der Waals surface area (Å²) in [5.74, 6) is 1.67. The minimum Gasteiger partial charge on any atom is -0.497 e. The Labute approximate surface area is 173 Å². The van der Waals surface area contributed by atoms with Gasteiger partial charge in [0, 0.05) is 43.5 Å². The average Bonchev–Trinajstić information content (AvgIpc) is 2.74. The van der Waals surface area contributed by atoms with Crippen molar-refractivity contribution >= 4 is 5.95 Å². The van der Waals surface area contributed by atoms with Gasteiger partial charge >= 0.3 is 0 Å². The molecule has 0 spiro atoms. The Bertz CT molecular complexity index is 992. The lowest BCUT2D eigenvalue weighted by Gasteiger charge is -2.32. The minimum absolute atomic E-state index is 0.809. The molecule has 1 aliphatic heterocycles. The molecule has 5 nitrogen and oxygen atoms in total. The average molecular weight is 389 g/mol. The molecule has 0 atom stereocenters. The number of hydrogen-bond acceptors (Lipinski definition) is 5. The van der Waals surface area contributed by atoms with Crippen molar-refractivity contribution in [3.05, 3.63) is 59.8 Å². The van der Waals surface area contributed by atoms with Gasteiger partial charge in [-0.05, 0) is 44.2 Å². The number of ether oxygens (including phenoxy) is 1. The van der Waals surface area contributed by atoms with Crippen LogP contribution in [-0.2, 0) is 0 Å². The number of aryl methyl sites for hydroxylation is 2. The lowest BCUT2D eigenvalue weighted by molar-refractivity contribution is 0.311. The fourth-order valence-corrected chi connectivity index (χ4v) is 3.73. The number of rotatable bonds is 4. The van der Waals surface area contributed by atoms with Crippen molar-refractivity contribution in [2.24, 2.45) is 0 Å². The van der Waals surface area contributed by atoms with Crippen molar-refractivity contribution < 1.29 is 4.74 Å². The zero-order valence-corrected chi connectivity index (χ0v) is 17.6. The third-order valence-electron chi connectivity index (χ3n) is 5.61. The van der Waals surface area contributed by atoms with Crippen LogP contribution in [0.15, 0.2) is 48.7 Å². The molecule has 150 valence electrons. The summed E-state index contributed by atoms with van der Waals surface area (Å²) in [6.45, 7) is 8.17. The fourth-order valence-electron chi connectivity index (χ4n) is 3.73. The smallest absolute Gasteiger partial charge is 0.225 e. The number of aromatic nitrogens is 2. The molecule has 2 aromatic carbocycles. The molecule has 3 aromatic rings. The van der Waals surface area contributed by atoms with Crippen LogP contribution in [0.1, 0.15) is 11.1 Å². The second kappa shape index (κ2) is 8.21. The van der Waals surface area contributed by atoms with Crippen LogP contribution in [0.2, 0.25) is 0 Å². The quantitative estimate of drug-likeness (QED) is 0.670. The first kappa shape index (κ1) is 19.4. The first-order valence-corrected chi connectivity index (χ1v) is 10.1. The van der Waals surface area contributed by atoms with Crippen LogP contribution in [0.3, 0.4) is 0 Å². The number of methoxy groups -OCH3 is 1. The summed E-state index contributed by atoms with van der Waals surface area (Å²) in [6, 6.07) is 14.7. The van der Waals surface area contributed by atoms with Gasteiger partial charge < -0.3 is 14.5 Å². The van der Waals surface area contributed by atoms with Crippen LogP contribution < -0.4 is 9.64 Å². The first-order valence-electron chi connectivity index (χ1n) is 10.1. The summed E-state index contributed by atoms with van der Waals surface area (Å²) < 4.78 is 5.38. The van der Waals surface area contributed by atoms with E-state index in [1.165, 1.54) is 5.56 Å². The van der Waals surface area contributed by atoms with Gasteiger partial charge in [0.05, 0.1) is 12.8 Å². The molecular formula is C24H28N4O. The summed E-state index contributed by atoms with van der Waals surface area (Å²) in [5.41, 5.74) is 6.65. The molecule has 0 aliphatic carbocycles. The Morgan fingerprint density at radius 3 is 2.28 bits per heavy atom. The molecule has 5 heteroatoms. The highest BCUT2D eigenvalue weighted by Crippen LogP contribution is 2.34. The number of likely N-dealkylation sites (N-methyl/N-ethyl adjacent to an activating group) is 1.